The molecule has 3 amide bonds. The van der Waals surface area contributed by atoms with Crippen molar-refractivity contribution in [1.82, 2.24) is 10.2 Å². The Kier molecular flexibility index (Phi) is 7.18. The van der Waals surface area contributed by atoms with E-state index in [-0.39, 0.29) is 29.8 Å². The molecule has 0 aliphatic heterocycles. The van der Waals surface area contributed by atoms with Crippen LogP contribution in [0.2, 0.25) is 0 Å². The normalized spacial score (nSPS) is 13.9. The Balaban J connectivity index is 1.79. The van der Waals surface area contributed by atoms with Crippen LogP contribution in [0.25, 0.3) is 21.5 Å². The molecule has 1 N–H and O–H groups in total. The van der Waals surface area contributed by atoms with E-state index < -0.39 is 6.03 Å². The van der Waals surface area contributed by atoms with Gasteiger partial charge in [0.15, 0.2) is 0 Å². The van der Waals surface area contributed by atoms with Crippen LogP contribution in [0.15, 0.2) is 84.9 Å². The largest absolute Gasteiger partial charge is 0.325 e. The van der Waals surface area contributed by atoms with Crippen molar-refractivity contribution in [1.29, 1.82) is 0 Å². The lowest BCUT2D eigenvalue weighted by Crippen LogP contribution is -2.45. The Labute approximate surface area is 205 Å². The number of carbonyl (C=O) groups excluding carboxylic acids is 2. The molecule has 4 aromatic rings. The standard InChI is InChI=1S/C29H29ClN2O2/c1-19(30)18-28(33)31-29(34)32(20(2)24-16-8-12-22-10-4-6-14-26(22)24)21(3)25-17-9-13-23-11-5-7-15-27(23)25/h4-17,19-21H,18H2,1-3H3,(H,31,33,34)/t19?,20-,21-/m0/s1. The molecule has 0 fully saturated rings. The third-order valence-electron chi connectivity index (χ3n) is 6.33. The monoisotopic (exact) mass is 472 g/mol. The van der Waals surface area contributed by atoms with E-state index in [0.29, 0.717) is 0 Å². The van der Waals surface area contributed by atoms with Crippen LogP contribution in [-0.2, 0) is 4.79 Å². The number of hydrogen-bond acceptors (Lipinski definition) is 2. The van der Waals surface area contributed by atoms with E-state index in [4.69, 9.17) is 11.6 Å². The highest BCUT2D eigenvalue weighted by Crippen LogP contribution is 2.36. The first-order valence-corrected chi connectivity index (χ1v) is 12.0. The zero-order valence-electron chi connectivity index (χ0n) is 19.7. The van der Waals surface area contributed by atoms with Gasteiger partial charge < -0.3 is 4.90 Å². The van der Waals surface area contributed by atoms with Crippen molar-refractivity contribution in [2.24, 2.45) is 0 Å². The molecule has 4 rings (SSSR count). The first-order valence-electron chi connectivity index (χ1n) is 11.6. The minimum absolute atomic E-state index is 0.0758. The van der Waals surface area contributed by atoms with Crippen LogP contribution < -0.4 is 5.32 Å². The minimum Gasteiger partial charge on any atom is -0.311 e. The van der Waals surface area contributed by atoms with Crippen molar-refractivity contribution in [3.8, 4) is 0 Å². The molecule has 0 aliphatic carbocycles. The number of imide groups is 1. The average Bonchev–Trinajstić information content (AvgIpc) is 2.82. The number of rotatable bonds is 6. The number of nitrogens with zero attached hydrogens (tertiary/aromatic N) is 1. The van der Waals surface area contributed by atoms with Gasteiger partial charge >= 0.3 is 6.03 Å². The van der Waals surface area contributed by atoms with Gasteiger partial charge in [-0.25, -0.2) is 4.79 Å². The summed E-state index contributed by atoms with van der Waals surface area (Å²) in [6, 6.07) is 27.5. The summed E-state index contributed by atoms with van der Waals surface area (Å²) in [4.78, 5) is 27.8. The van der Waals surface area contributed by atoms with Crippen LogP contribution in [0, 0.1) is 0 Å². The van der Waals surface area contributed by atoms with Gasteiger partial charge in [0.25, 0.3) is 0 Å². The number of fused-ring (bicyclic) bond motifs is 2. The summed E-state index contributed by atoms with van der Waals surface area (Å²) < 4.78 is 0. The van der Waals surface area contributed by atoms with Crippen LogP contribution in [0.1, 0.15) is 50.4 Å². The zero-order chi connectivity index (χ0) is 24.2. The number of halogens is 1. The van der Waals surface area contributed by atoms with E-state index in [1.165, 1.54) is 0 Å². The van der Waals surface area contributed by atoms with E-state index in [0.717, 1.165) is 32.7 Å². The molecule has 5 heteroatoms. The smallest absolute Gasteiger partial charge is 0.311 e. The molecular formula is C29H29ClN2O2. The van der Waals surface area contributed by atoms with Gasteiger partial charge in [-0.15, -0.1) is 11.6 Å². The van der Waals surface area contributed by atoms with Gasteiger partial charge in [-0.05, 0) is 53.4 Å². The number of nitrogens with one attached hydrogen (secondary N) is 1. The van der Waals surface area contributed by atoms with E-state index in [1.807, 2.05) is 62.4 Å². The molecule has 34 heavy (non-hydrogen) atoms. The first-order chi connectivity index (χ1) is 16.4. The third-order valence-corrected chi connectivity index (χ3v) is 6.48. The number of hydrogen-bond donors (Lipinski definition) is 1. The maximum Gasteiger partial charge on any atom is 0.325 e. The minimum atomic E-state index is -0.428. The SMILES string of the molecule is CC(Cl)CC(=O)NC(=O)N([C@@H](C)c1cccc2ccccc12)[C@@H](C)c1cccc2ccccc12. The number of benzene rings is 4. The fraction of sp³-hybridized carbons (Fsp3) is 0.241. The van der Waals surface area contributed by atoms with E-state index >= 15 is 0 Å². The number of urea groups is 1. The van der Waals surface area contributed by atoms with Crippen molar-refractivity contribution in [2.45, 2.75) is 44.7 Å². The molecule has 0 saturated heterocycles. The molecule has 4 nitrogen and oxygen atoms in total. The Bertz CT molecular complexity index is 1240. The summed E-state index contributed by atoms with van der Waals surface area (Å²) in [5.74, 6) is -0.382. The lowest BCUT2D eigenvalue weighted by Gasteiger charge is -2.36. The van der Waals surface area contributed by atoms with Crippen LogP contribution in [0.3, 0.4) is 0 Å². The van der Waals surface area contributed by atoms with Crippen LogP contribution >= 0.6 is 11.6 Å². The lowest BCUT2D eigenvalue weighted by molar-refractivity contribution is -0.120. The topological polar surface area (TPSA) is 49.4 Å². The Morgan fingerprint density at radius 1 is 0.735 bits per heavy atom. The third kappa shape index (κ3) is 4.92. The molecule has 0 radical (unpaired) electrons. The lowest BCUT2D eigenvalue weighted by atomic mass is 9.94. The van der Waals surface area contributed by atoms with Crippen LogP contribution in [0.4, 0.5) is 4.79 Å². The van der Waals surface area contributed by atoms with Gasteiger partial charge in [-0.2, -0.15) is 0 Å². The molecule has 0 heterocycles. The molecule has 0 aliphatic rings. The molecular weight excluding hydrogens is 444 g/mol. The second kappa shape index (κ2) is 10.3. The highest BCUT2D eigenvalue weighted by Gasteiger charge is 2.30. The summed E-state index contributed by atoms with van der Waals surface area (Å²) in [5, 5.41) is 6.60. The maximum atomic E-state index is 13.6. The van der Waals surface area contributed by atoms with Gasteiger partial charge in [-0.1, -0.05) is 84.9 Å². The van der Waals surface area contributed by atoms with Gasteiger partial charge in [0.1, 0.15) is 0 Å². The molecule has 1 unspecified atom stereocenters. The predicted molar refractivity (Wildman–Crippen MR) is 140 cm³/mol. The first kappa shape index (κ1) is 23.8. The molecule has 0 bridgehead atoms. The highest BCUT2D eigenvalue weighted by molar-refractivity contribution is 6.21. The summed E-state index contributed by atoms with van der Waals surface area (Å²) in [7, 11) is 0. The second-order valence-corrected chi connectivity index (χ2v) is 9.48. The van der Waals surface area contributed by atoms with Crippen molar-refractivity contribution < 1.29 is 9.59 Å². The summed E-state index contributed by atoms with van der Waals surface area (Å²) in [6.07, 6.45) is 0.0758. The maximum absolute atomic E-state index is 13.6. The Morgan fingerprint density at radius 3 is 1.65 bits per heavy atom. The fourth-order valence-electron chi connectivity index (χ4n) is 4.71. The summed E-state index contributed by atoms with van der Waals surface area (Å²) in [6.45, 7) is 5.76. The molecule has 3 atom stereocenters. The van der Waals surface area contributed by atoms with Crippen molar-refractivity contribution in [3.05, 3.63) is 96.1 Å². The van der Waals surface area contributed by atoms with Crippen molar-refractivity contribution in [2.75, 3.05) is 0 Å². The van der Waals surface area contributed by atoms with Gasteiger partial charge in [-0.3, -0.25) is 10.1 Å². The number of alkyl halides is 1. The second-order valence-electron chi connectivity index (χ2n) is 8.73. The molecule has 0 aromatic heterocycles. The molecule has 4 aromatic carbocycles. The quantitative estimate of drug-likeness (QED) is 0.298. The highest BCUT2D eigenvalue weighted by atomic mass is 35.5. The molecule has 0 saturated carbocycles. The zero-order valence-corrected chi connectivity index (χ0v) is 20.4. The van der Waals surface area contributed by atoms with Gasteiger partial charge in [0.05, 0.1) is 12.1 Å². The van der Waals surface area contributed by atoms with Crippen molar-refractivity contribution in [3.63, 3.8) is 0 Å². The summed E-state index contributed by atoms with van der Waals surface area (Å²) >= 11 is 6.00. The van der Waals surface area contributed by atoms with E-state index in [9.17, 15) is 9.59 Å². The van der Waals surface area contributed by atoms with Crippen molar-refractivity contribution >= 4 is 45.1 Å². The van der Waals surface area contributed by atoms with E-state index in [2.05, 4.69) is 41.7 Å². The Hall–Kier alpha value is -3.37. The summed E-state index contributed by atoms with van der Waals surface area (Å²) in [5.41, 5.74) is 2.05. The molecule has 0 spiro atoms. The van der Waals surface area contributed by atoms with E-state index in [1.54, 1.807) is 11.8 Å². The average molecular weight is 473 g/mol. The number of amides is 3. The predicted octanol–water partition coefficient (Wildman–Crippen LogP) is 7.37. The van der Waals surface area contributed by atoms with Gasteiger partial charge in [0.2, 0.25) is 5.91 Å². The fourth-order valence-corrected chi connectivity index (χ4v) is 4.85. The van der Waals surface area contributed by atoms with Crippen LogP contribution in [-0.4, -0.2) is 22.2 Å². The number of carbonyl (C=O) groups is 2. The van der Waals surface area contributed by atoms with Gasteiger partial charge in [0, 0.05) is 11.8 Å². The Morgan fingerprint density at radius 2 is 1.18 bits per heavy atom. The van der Waals surface area contributed by atoms with Crippen LogP contribution in [0.5, 0.6) is 0 Å². The molecule has 174 valence electrons.